The molecular formula is C28H30BN5O4S. The van der Waals surface area contributed by atoms with Crippen LogP contribution in [0.4, 0.5) is 5.82 Å². The zero-order valence-electron chi connectivity index (χ0n) is 21.8. The van der Waals surface area contributed by atoms with Crippen molar-refractivity contribution in [2.45, 2.75) is 48.5 Å². The van der Waals surface area contributed by atoms with Crippen molar-refractivity contribution in [3.05, 3.63) is 60.3 Å². The Kier molecular flexibility index (Phi) is 7.94. The molecule has 0 amide bonds. The van der Waals surface area contributed by atoms with Gasteiger partial charge >= 0.3 is 0 Å². The summed E-state index contributed by atoms with van der Waals surface area (Å²) in [5.74, 6) is 0.390. The fourth-order valence-electron chi connectivity index (χ4n) is 4.43. The molecule has 5 N–H and O–H groups in total. The van der Waals surface area contributed by atoms with Crippen LogP contribution in [0, 0.1) is 0 Å². The number of nitrogens with one attached hydrogen (secondary N) is 1. The summed E-state index contributed by atoms with van der Waals surface area (Å²) < 4.78 is 10.9. The molecular weight excluding hydrogens is 513 g/mol. The number of hydrogen-bond acceptors (Lipinski definition) is 10. The van der Waals surface area contributed by atoms with E-state index < -0.39 is 5.62 Å². The monoisotopic (exact) mass is 543 g/mol. The molecule has 1 aliphatic rings. The van der Waals surface area contributed by atoms with Crippen molar-refractivity contribution >= 4 is 25.4 Å². The summed E-state index contributed by atoms with van der Waals surface area (Å²) in [6.45, 7) is 5.52. The number of thioether (sulfide) groups is 1. The van der Waals surface area contributed by atoms with Crippen LogP contribution in [0.5, 0.6) is 5.75 Å². The number of aliphatic hydroxyl groups is 1. The van der Waals surface area contributed by atoms with Crippen molar-refractivity contribution < 1.29 is 19.5 Å². The van der Waals surface area contributed by atoms with Crippen LogP contribution in [-0.2, 0) is 10.4 Å². The lowest BCUT2D eigenvalue weighted by molar-refractivity contribution is 0.0287. The van der Waals surface area contributed by atoms with Crippen molar-refractivity contribution in [3.8, 4) is 39.7 Å². The molecule has 4 aromatic rings. The number of anilines is 1. The third-order valence-electron chi connectivity index (χ3n) is 6.43. The highest BCUT2D eigenvalue weighted by atomic mass is 32.2. The van der Waals surface area contributed by atoms with Crippen LogP contribution >= 0.6 is 11.8 Å². The van der Waals surface area contributed by atoms with Crippen LogP contribution in [0.3, 0.4) is 0 Å². The van der Waals surface area contributed by atoms with E-state index >= 15 is 0 Å². The SMILES string of the molecule is [B]C(O)(NC1CCOCC1)c1ccc(-c2cc(-c3nc(-c4ccc(SC(C)C)cc4)cnc3N)on2)c(O)c1. The first-order chi connectivity index (χ1) is 18.7. The molecule has 5 rings (SSSR count). The lowest BCUT2D eigenvalue weighted by atomic mass is 9.82. The molecule has 1 aliphatic heterocycles. The van der Waals surface area contributed by atoms with Gasteiger partial charge in [-0.2, -0.15) is 0 Å². The molecule has 0 spiro atoms. The zero-order valence-corrected chi connectivity index (χ0v) is 22.6. The highest BCUT2D eigenvalue weighted by molar-refractivity contribution is 7.99. The Balaban J connectivity index is 1.37. The summed E-state index contributed by atoms with van der Waals surface area (Å²) in [7, 11) is 6.14. The van der Waals surface area contributed by atoms with Gasteiger partial charge in [0.1, 0.15) is 19.3 Å². The van der Waals surface area contributed by atoms with Gasteiger partial charge in [-0.1, -0.05) is 37.2 Å². The second kappa shape index (κ2) is 11.4. The van der Waals surface area contributed by atoms with Gasteiger partial charge in [0.05, 0.1) is 17.5 Å². The lowest BCUT2D eigenvalue weighted by Gasteiger charge is -2.33. The second-order valence-electron chi connectivity index (χ2n) is 9.79. The van der Waals surface area contributed by atoms with Gasteiger partial charge in [0.25, 0.3) is 0 Å². The summed E-state index contributed by atoms with van der Waals surface area (Å²) >= 11 is 1.79. The third-order valence-corrected chi connectivity index (χ3v) is 7.44. The summed E-state index contributed by atoms with van der Waals surface area (Å²) in [5.41, 5.74) is 7.29. The highest BCUT2D eigenvalue weighted by Crippen LogP contribution is 2.35. The Hall–Kier alpha value is -3.38. The Morgan fingerprint density at radius 1 is 1.10 bits per heavy atom. The van der Waals surface area contributed by atoms with Crippen LogP contribution in [0.15, 0.2) is 64.1 Å². The van der Waals surface area contributed by atoms with Gasteiger partial charge < -0.3 is 25.2 Å². The number of nitrogens with zero attached hydrogens (tertiary/aromatic N) is 3. The van der Waals surface area contributed by atoms with Crippen LogP contribution in [0.2, 0.25) is 0 Å². The maximum Gasteiger partial charge on any atom is 0.189 e. The maximum atomic E-state index is 10.8. The van der Waals surface area contributed by atoms with Crippen LogP contribution in [-0.4, -0.2) is 57.7 Å². The third kappa shape index (κ3) is 6.28. The zero-order chi connectivity index (χ0) is 27.6. The average Bonchev–Trinajstić information content (AvgIpc) is 3.39. The predicted molar refractivity (Wildman–Crippen MR) is 152 cm³/mol. The minimum absolute atomic E-state index is 0.00728. The van der Waals surface area contributed by atoms with E-state index in [1.54, 1.807) is 36.2 Å². The van der Waals surface area contributed by atoms with Gasteiger partial charge in [-0.25, -0.2) is 9.97 Å². The molecule has 39 heavy (non-hydrogen) atoms. The molecule has 200 valence electrons. The molecule has 1 atom stereocenters. The van der Waals surface area contributed by atoms with Crippen LogP contribution < -0.4 is 11.1 Å². The average molecular weight is 543 g/mol. The first-order valence-corrected chi connectivity index (χ1v) is 13.6. The second-order valence-corrected chi connectivity index (χ2v) is 11.4. The fraction of sp³-hybridized carbons (Fsp3) is 0.321. The Labute approximate surface area is 232 Å². The number of nitrogen functional groups attached to an aromatic ring is 1. The Morgan fingerprint density at radius 2 is 1.85 bits per heavy atom. The van der Waals surface area contributed by atoms with Crippen molar-refractivity contribution in [3.63, 3.8) is 0 Å². The minimum atomic E-state index is -1.82. The van der Waals surface area contributed by atoms with Gasteiger partial charge in [0, 0.05) is 46.6 Å². The number of benzene rings is 2. The number of aromatic nitrogens is 3. The van der Waals surface area contributed by atoms with E-state index in [2.05, 4.69) is 46.4 Å². The molecule has 1 unspecified atom stereocenters. The molecule has 9 nitrogen and oxygen atoms in total. The first-order valence-electron chi connectivity index (χ1n) is 12.8. The van der Waals surface area contributed by atoms with Crippen LogP contribution in [0.1, 0.15) is 32.3 Å². The molecule has 2 radical (unpaired) electrons. The molecule has 2 aromatic heterocycles. The van der Waals surface area contributed by atoms with E-state index in [1.807, 2.05) is 12.1 Å². The smallest absolute Gasteiger partial charge is 0.189 e. The first kappa shape index (κ1) is 27.2. The number of ether oxygens (including phenoxy) is 1. The minimum Gasteiger partial charge on any atom is -0.507 e. The molecule has 0 saturated carbocycles. The molecule has 1 saturated heterocycles. The van der Waals surface area contributed by atoms with Crippen LogP contribution in [0.25, 0.3) is 34.0 Å². The number of rotatable bonds is 8. The maximum absolute atomic E-state index is 10.8. The normalized spacial score (nSPS) is 15.9. The largest absolute Gasteiger partial charge is 0.507 e. The summed E-state index contributed by atoms with van der Waals surface area (Å²) in [4.78, 5) is 10.2. The molecule has 2 aromatic carbocycles. The van der Waals surface area contributed by atoms with E-state index in [1.165, 1.54) is 11.0 Å². The lowest BCUT2D eigenvalue weighted by Crippen LogP contribution is -2.50. The van der Waals surface area contributed by atoms with Gasteiger partial charge in [0.15, 0.2) is 17.3 Å². The van der Waals surface area contributed by atoms with Crippen molar-refractivity contribution in [2.24, 2.45) is 0 Å². The van der Waals surface area contributed by atoms with Crippen molar-refractivity contribution in [1.29, 1.82) is 0 Å². The van der Waals surface area contributed by atoms with E-state index in [4.69, 9.17) is 22.8 Å². The highest BCUT2D eigenvalue weighted by Gasteiger charge is 2.28. The number of aromatic hydroxyl groups is 1. The summed E-state index contributed by atoms with van der Waals surface area (Å²) in [6, 6.07) is 14.4. The molecule has 11 heteroatoms. The number of hydrogen-bond donors (Lipinski definition) is 4. The topological polar surface area (TPSA) is 140 Å². The number of phenols is 1. The van der Waals surface area contributed by atoms with Gasteiger partial charge in [0.2, 0.25) is 0 Å². The molecule has 0 aliphatic carbocycles. The standard InChI is InChI=1S/C28H30BN5O4S/c1-16(2)39-20-6-3-17(4-7-20)23-15-31-27(30)26(32-23)25-14-22(34-38-25)21-8-5-18(13-24(21)35)28(29,36)33-19-9-11-37-12-10-19/h3-8,13-16,19,33,35-36H,9-12H2,1-2H3,(H2,30,31). The Bertz CT molecular complexity index is 1440. The summed E-state index contributed by atoms with van der Waals surface area (Å²) in [5, 5.41) is 29.2. The predicted octanol–water partition coefficient (Wildman–Crippen LogP) is 4.29. The Morgan fingerprint density at radius 3 is 2.54 bits per heavy atom. The fourth-order valence-corrected chi connectivity index (χ4v) is 5.27. The molecule has 0 bridgehead atoms. The quantitative estimate of drug-likeness (QED) is 0.145. The number of nitrogens with two attached hydrogens (primary N) is 1. The number of phenolic OH excluding ortho intramolecular Hbond substituents is 1. The molecule has 3 heterocycles. The van der Waals surface area contributed by atoms with Crippen molar-refractivity contribution in [1.82, 2.24) is 20.4 Å². The van der Waals surface area contributed by atoms with Gasteiger partial charge in [-0.05, 0) is 42.7 Å². The van der Waals surface area contributed by atoms with Crippen molar-refractivity contribution in [2.75, 3.05) is 18.9 Å². The van der Waals surface area contributed by atoms with E-state index in [0.29, 0.717) is 52.4 Å². The van der Waals surface area contributed by atoms with E-state index in [9.17, 15) is 10.2 Å². The van der Waals surface area contributed by atoms with Gasteiger partial charge in [-0.15, -0.1) is 11.8 Å². The summed E-state index contributed by atoms with van der Waals surface area (Å²) in [6.07, 6.45) is 3.09. The molecule has 1 fully saturated rings. The van der Waals surface area contributed by atoms with E-state index in [-0.39, 0.29) is 17.6 Å². The van der Waals surface area contributed by atoms with Gasteiger partial charge in [-0.3, -0.25) is 5.32 Å². The van der Waals surface area contributed by atoms with E-state index in [0.717, 1.165) is 18.4 Å².